The Balaban J connectivity index is 1.77. The van der Waals surface area contributed by atoms with E-state index in [4.69, 9.17) is 10.1 Å². The molecule has 3 fully saturated rings. The summed E-state index contributed by atoms with van der Waals surface area (Å²) in [7, 11) is 0. The van der Waals surface area contributed by atoms with Gasteiger partial charge in [-0.05, 0) is 0 Å². The Kier molecular flexibility index (Phi) is 5.85. The van der Waals surface area contributed by atoms with Crippen LogP contribution in [0.2, 0.25) is 11.8 Å². The molecule has 3 nitrogen and oxygen atoms in total. The molecule has 3 aliphatic rings. The maximum absolute atomic E-state index is 4.94. The summed E-state index contributed by atoms with van der Waals surface area (Å²) in [5.41, 5.74) is 0. The van der Waals surface area contributed by atoms with Gasteiger partial charge in [-0.1, -0.05) is 0 Å². The monoisotopic (exact) mass is 437 g/mol. The van der Waals surface area contributed by atoms with Crippen molar-refractivity contribution in [3.8, 4) is 0 Å². The summed E-state index contributed by atoms with van der Waals surface area (Å²) in [5.74, 6) is 0. The Morgan fingerprint density at radius 2 is 1.08 bits per heavy atom. The van der Waals surface area contributed by atoms with Crippen LogP contribution in [-0.4, -0.2) is 33.6 Å². The summed E-state index contributed by atoms with van der Waals surface area (Å²) in [5, 5.41) is 8.02. The summed E-state index contributed by atoms with van der Waals surface area (Å²) in [4.78, 5) is 4.94. The van der Waals surface area contributed by atoms with Crippen LogP contribution in [-0.2, 0) is 0 Å². The van der Waals surface area contributed by atoms with Crippen molar-refractivity contribution in [1.82, 2.24) is 15.2 Å². The third kappa shape index (κ3) is 3.19. The summed E-state index contributed by atoms with van der Waals surface area (Å²) in [6.45, 7) is 0. The molecule has 1 N–H and O–H groups in total. The van der Waals surface area contributed by atoms with Crippen LogP contribution in [0, 0.1) is 0 Å². The van der Waals surface area contributed by atoms with E-state index in [0.29, 0.717) is 0 Å². The molecule has 0 radical (unpaired) electrons. The van der Waals surface area contributed by atoms with Crippen molar-refractivity contribution in [1.29, 1.82) is 0 Å². The Labute approximate surface area is 151 Å². The molecule has 1 heterocycles. The summed E-state index contributed by atoms with van der Waals surface area (Å²) >= 11 is -2.67. The molecule has 24 heavy (non-hydrogen) atoms. The SMILES string of the molecule is c1n[c]([Sn]([CH]2CCCCC2)([CH]2CCCCC2)[CH]2CCCCC2)n[nH]1. The Morgan fingerprint density at radius 1 is 0.667 bits per heavy atom. The minimum atomic E-state index is -2.67. The van der Waals surface area contributed by atoms with Crippen molar-refractivity contribution in [3.05, 3.63) is 6.33 Å². The third-order valence-corrected chi connectivity index (χ3v) is 27.1. The van der Waals surface area contributed by atoms with Crippen LogP contribution < -0.4 is 3.84 Å². The van der Waals surface area contributed by atoms with Crippen LogP contribution in [0.25, 0.3) is 0 Å². The fourth-order valence-corrected chi connectivity index (χ4v) is 28.8. The first-order valence-corrected chi connectivity index (χ1v) is 17.2. The van der Waals surface area contributed by atoms with Crippen molar-refractivity contribution in [2.45, 2.75) is 108 Å². The van der Waals surface area contributed by atoms with Gasteiger partial charge in [-0.15, -0.1) is 0 Å². The Hall–Kier alpha value is -0.0613. The second kappa shape index (κ2) is 8.09. The van der Waals surface area contributed by atoms with Gasteiger partial charge >= 0.3 is 152 Å². The van der Waals surface area contributed by atoms with Gasteiger partial charge < -0.3 is 0 Å². The predicted molar refractivity (Wildman–Crippen MR) is 102 cm³/mol. The van der Waals surface area contributed by atoms with Crippen molar-refractivity contribution in [2.24, 2.45) is 0 Å². The molecule has 0 amide bonds. The van der Waals surface area contributed by atoms with Crippen LogP contribution in [0.5, 0.6) is 0 Å². The van der Waals surface area contributed by atoms with Gasteiger partial charge in [0.2, 0.25) is 0 Å². The fourth-order valence-electron chi connectivity index (χ4n) is 6.71. The fraction of sp³-hybridized carbons (Fsp3) is 0.900. The first kappa shape index (κ1) is 17.4. The van der Waals surface area contributed by atoms with E-state index in [2.05, 4.69) is 5.10 Å². The molecule has 0 atom stereocenters. The van der Waals surface area contributed by atoms with Gasteiger partial charge in [0.05, 0.1) is 0 Å². The summed E-state index contributed by atoms with van der Waals surface area (Å²) < 4.78 is 4.52. The average Bonchev–Trinajstić information content (AvgIpc) is 3.20. The summed E-state index contributed by atoms with van der Waals surface area (Å²) in [6.07, 6.45) is 24.3. The quantitative estimate of drug-likeness (QED) is 0.637. The van der Waals surface area contributed by atoms with Crippen molar-refractivity contribution >= 4 is 22.2 Å². The van der Waals surface area contributed by atoms with E-state index in [1.54, 1.807) is 0 Å². The van der Waals surface area contributed by atoms with Gasteiger partial charge in [-0.2, -0.15) is 0 Å². The van der Waals surface area contributed by atoms with Gasteiger partial charge in [-0.3, -0.25) is 0 Å². The molecule has 4 rings (SSSR count). The van der Waals surface area contributed by atoms with E-state index in [9.17, 15) is 0 Å². The standard InChI is InChI=1S/3C6H11.C2H2N3.Sn/c3*1-2-4-6-5-3-1;1-3-2-5-4-1;/h3*1H,2-6H2;1H,(H,3,4,5);. The average molecular weight is 436 g/mol. The van der Waals surface area contributed by atoms with Crippen LogP contribution in [0.3, 0.4) is 0 Å². The van der Waals surface area contributed by atoms with E-state index >= 15 is 0 Å². The molecule has 0 aliphatic heterocycles. The van der Waals surface area contributed by atoms with E-state index in [1.165, 1.54) is 100 Å². The number of hydrogen-bond acceptors (Lipinski definition) is 2. The topological polar surface area (TPSA) is 41.6 Å². The van der Waals surface area contributed by atoms with Gasteiger partial charge in [0.1, 0.15) is 0 Å². The van der Waals surface area contributed by atoms with Gasteiger partial charge in [0.15, 0.2) is 0 Å². The van der Waals surface area contributed by atoms with Crippen molar-refractivity contribution in [2.75, 3.05) is 0 Å². The molecule has 0 unspecified atom stereocenters. The molecule has 0 bridgehead atoms. The zero-order valence-electron chi connectivity index (χ0n) is 15.3. The molecular weight excluding hydrogens is 401 g/mol. The normalized spacial score (nSPS) is 25.8. The van der Waals surface area contributed by atoms with Crippen LogP contribution in [0.4, 0.5) is 0 Å². The van der Waals surface area contributed by atoms with Crippen LogP contribution >= 0.6 is 0 Å². The Morgan fingerprint density at radius 3 is 1.42 bits per heavy atom. The first-order chi connectivity index (χ1) is 11.9. The zero-order chi connectivity index (χ0) is 16.2. The number of nitrogens with one attached hydrogen (secondary N) is 1. The molecule has 1 aromatic heterocycles. The molecule has 0 aromatic carbocycles. The molecule has 3 aliphatic carbocycles. The second-order valence-electron chi connectivity index (χ2n) is 8.76. The van der Waals surface area contributed by atoms with Crippen LogP contribution in [0.15, 0.2) is 6.33 Å². The molecular formula is C20H35N3Sn. The minimum absolute atomic E-state index is 1.04. The number of H-pyrrole nitrogens is 1. The Bertz CT molecular complexity index is 437. The van der Waals surface area contributed by atoms with E-state index < -0.39 is 18.4 Å². The number of hydrogen-bond donors (Lipinski definition) is 1. The van der Waals surface area contributed by atoms with E-state index in [0.717, 1.165) is 11.8 Å². The van der Waals surface area contributed by atoms with Gasteiger partial charge in [0.25, 0.3) is 0 Å². The molecule has 0 saturated heterocycles. The number of nitrogens with zero attached hydrogens (tertiary/aromatic N) is 2. The van der Waals surface area contributed by atoms with Gasteiger partial charge in [0, 0.05) is 0 Å². The number of rotatable bonds is 4. The number of aromatic amines is 1. The van der Waals surface area contributed by atoms with E-state index in [-0.39, 0.29) is 0 Å². The molecule has 134 valence electrons. The molecule has 3 saturated carbocycles. The molecule has 1 aromatic rings. The predicted octanol–water partition coefficient (Wildman–Crippen LogP) is 5.46. The van der Waals surface area contributed by atoms with Crippen molar-refractivity contribution < 1.29 is 0 Å². The number of aromatic nitrogens is 3. The maximum atomic E-state index is 4.94. The molecule has 0 spiro atoms. The third-order valence-electron chi connectivity index (χ3n) is 7.64. The first-order valence-electron chi connectivity index (χ1n) is 10.8. The van der Waals surface area contributed by atoms with Crippen molar-refractivity contribution in [3.63, 3.8) is 0 Å². The van der Waals surface area contributed by atoms with E-state index in [1.807, 2.05) is 6.33 Å². The zero-order valence-corrected chi connectivity index (χ0v) is 18.2. The van der Waals surface area contributed by atoms with Gasteiger partial charge in [-0.25, -0.2) is 0 Å². The summed E-state index contributed by atoms with van der Waals surface area (Å²) in [6, 6.07) is 0. The van der Waals surface area contributed by atoms with Crippen LogP contribution in [0.1, 0.15) is 96.3 Å². The molecule has 4 heteroatoms. The second-order valence-corrected chi connectivity index (χ2v) is 22.4.